The molecule has 0 bridgehead atoms. The van der Waals surface area contributed by atoms with Gasteiger partial charge in [0.25, 0.3) is 5.56 Å². The van der Waals surface area contributed by atoms with Crippen LogP contribution < -0.4 is 15.2 Å². The number of hydrogen-bond acceptors (Lipinski definition) is 7. The van der Waals surface area contributed by atoms with Crippen LogP contribution in [0.25, 0.3) is 10.9 Å². The van der Waals surface area contributed by atoms with E-state index in [0.717, 1.165) is 66.5 Å². The number of aryl methyl sites for hydroxylation is 1. The van der Waals surface area contributed by atoms with Crippen molar-refractivity contribution in [2.45, 2.75) is 44.7 Å². The van der Waals surface area contributed by atoms with E-state index in [4.69, 9.17) is 16.3 Å². The lowest BCUT2D eigenvalue weighted by Gasteiger charge is -2.40. The summed E-state index contributed by atoms with van der Waals surface area (Å²) in [5.41, 5.74) is 3.62. The fourth-order valence-electron chi connectivity index (χ4n) is 5.96. The van der Waals surface area contributed by atoms with E-state index in [1.807, 2.05) is 41.1 Å². The zero-order valence-electron chi connectivity index (χ0n) is 21.7. The van der Waals surface area contributed by atoms with Gasteiger partial charge in [-0.25, -0.2) is 4.68 Å². The first-order valence-electron chi connectivity index (χ1n) is 13.3. The summed E-state index contributed by atoms with van der Waals surface area (Å²) in [6.07, 6.45) is 4.45. The van der Waals surface area contributed by atoms with E-state index >= 15 is 0 Å². The molecule has 3 heterocycles. The number of nitrogens with one attached hydrogen (secondary N) is 1. The van der Waals surface area contributed by atoms with Crippen LogP contribution in [0.5, 0.6) is 5.75 Å². The highest BCUT2D eigenvalue weighted by Gasteiger charge is 2.35. The molecule has 2 aliphatic rings. The molecule has 198 valence electrons. The molecule has 1 atom stereocenters. The molecule has 38 heavy (non-hydrogen) atoms. The third-order valence-electron chi connectivity index (χ3n) is 8.00. The lowest BCUT2D eigenvalue weighted by molar-refractivity contribution is 0.197. The Morgan fingerprint density at radius 3 is 2.61 bits per heavy atom. The Balaban J connectivity index is 1.38. The van der Waals surface area contributed by atoms with E-state index in [1.165, 1.54) is 18.4 Å². The van der Waals surface area contributed by atoms with Gasteiger partial charge in [0.1, 0.15) is 11.8 Å². The number of tetrazole rings is 1. The molecule has 1 saturated carbocycles. The second kappa shape index (κ2) is 10.4. The average molecular weight is 534 g/mol. The molecule has 2 aromatic carbocycles. The van der Waals surface area contributed by atoms with Gasteiger partial charge >= 0.3 is 0 Å². The third-order valence-corrected chi connectivity index (χ3v) is 8.24. The molecule has 9 nitrogen and oxygen atoms in total. The summed E-state index contributed by atoms with van der Waals surface area (Å²) in [5.74, 6) is 1.44. The standard InChI is InChI=1S/C28H32ClN7O2/c1-18-7-9-20(29)16-25(18)34-11-13-35(14-12-34)26(27-31-32-33-36(27)21-5-3-4-6-21)23-15-19-8-10-22(38-2)17-24(19)30-28(23)37/h7-10,15-17,21,26H,3-6,11-14H2,1-2H3,(H,30,37)/t26-/m0/s1. The topological polar surface area (TPSA) is 92.2 Å². The van der Waals surface area contributed by atoms with Crippen molar-refractivity contribution in [2.24, 2.45) is 0 Å². The van der Waals surface area contributed by atoms with Crippen LogP contribution >= 0.6 is 11.6 Å². The second-order valence-corrected chi connectivity index (χ2v) is 10.7. The fourth-order valence-corrected chi connectivity index (χ4v) is 6.13. The summed E-state index contributed by atoms with van der Waals surface area (Å²) in [5, 5.41) is 14.7. The summed E-state index contributed by atoms with van der Waals surface area (Å²) < 4.78 is 7.33. The quantitative estimate of drug-likeness (QED) is 0.390. The summed E-state index contributed by atoms with van der Waals surface area (Å²) in [7, 11) is 1.62. The van der Waals surface area contributed by atoms with Crippen LogP contribution in [0.2, 0.25) is 5.02 Å². The SMILES string of the molecule is COc1ccc2cc([C@@H](c3nnnn3C3CCCC3)N3CCN(c4cc(Cl)ccc4C)CC3)c(=O)[nH]c2c1. The number of nitrogens with zero attached hydrogens (tertiary/aromatic N) is 6. The number of fused-ring (bicyclic) bond motifs is 1. The highest BCUT2D eigenvalue weighted by atomic mass is 35.5. The van der Waals surface area contributed by atoms with Crippen molar-refractivity contribution < 1.29 is 4.74 Å². The molecule has 1 aliphatic carbocycles. The predicted molar refractivity (Wildman–Crippen MR) is 148 cm³/mol. The van der Waals surface area contributed by atoms with E-state index in [9.17, 15) is 4.79 Å². The predicted octanol–water partition coefficient (Wildman–Crippen LogP) is 4.51. The molecule has 0 unspecified atom stereocenters. The molecular formula is C28H32ClN7O2. The average Bonchev–Trinajstić information content (AvgIpc) is 3.63. The van der Waals surface area contributed by atoms with Gasteiger partial charge in [-0.2, -0.15) is 0 Å². The summed E-state index contributed by atoms with van der Waals surface area (Å²) in [4.78, 5) is 21.4. The van der Waals surface area contributed by atoms with Crippen molar-refractivity contribution in [3.63, 3.8) is 0 Å². The first kappa shape index (κ1) is 24.9. The Bertz CT molecular complexity index is 1500. The van der Waals surface area contributed by atoms with Crippen LogP contribution in [-0.4, -0.2) is 63.4 Å². The normalized spacial score (nSPS) is 17.8. The maximum absolute atomic E-state index is 13.6. The maximum Gasteiger partial charge on any atom is 0.253 e. The molecule has 10 heteroatoms. The lowest BCUT2D eigenvalue weighted by Crippen LogP contribution is -2.49. The van der Waals surface area contributed by atoms with Gasteiger partial charge in [0.15, 0.2) is 5.82 Å². The smallest absolute Gasteiger partial charge is 0.253 e. The molecule has 0 amide bonds. The number of piperazine rings is 1. The van der Waals surface area contributed by atoms with Gasteiger partial charge < -0.3 is 14.6 Å². The Labute approximate surface area is 226 Å². The van der Waals surface area contributed by atoms with Gasteiger partial charge in [-0.1, -0.05) is 30.5 Å². The largest absolute Gasteiger partial charge is 0.497 e. The minimum absolute atomic E-state index is 0.134. The third kappa shape index (κ3) is 4.65. The first-order chi connectivity index (χ1) is 18.5. The minimum atomic E-state index is -0.358. The monoisotopic (exact) mass is 533 g/mol. The number of pyridine rings is 1. The van der Waals surface area contributed by atoms with Crippen molar-refractivity contribution in [1.29, 1.82) is 0 Å². The number of benzene rings is 2. The summed E-state index contributed by atoms with van der Waals surface area (Å²) in [6.45, 7) is 5.25. The van der Waals surface area contributed by atoms with Gasteiger partial charge in [0.2, 0.25) is 0 Å². The molecule has 1 aliphatic heterocycles. The van der Waals surface area contributed by atoms with E-state index in [-0.39, 0.29) is 17.6 Å². The van der Waals surface area contributed by atoms with Gasteiger partial charge in [-0.05, 0) is 71.5 Å². The van der Waals surface area contributed by atoms with Gasteiger partial charge in [-0.15, -0.1) is 5.10 Å². The number of ether oxygens (including phenoxy) is 1. The Hall–Kier alpha value is -3.43. The number of anilines is 1. The van der Waals surface area contributed by atoms with Gasteiger partial charge in [0, 0.05) is 48.5 Å². The number of rotatable bonds is 6. The zero-order valence-corrected chi connectivity index (χ0v) is 22.5. The van der Waals surface area contributed by atoms with Crippen LogP contribution in [0.1, 0.15) is 54.7 Å². The highest BCUT2D eigenvalue weighted by Crippen LogP contribution is 2.35. The van der Waals surface area contributed by atoms with Crippen LogP contribution in [0.3, 0.4) is 0 Å². The van der Waals surface area contributed by atoms with E-state index in [2.05, 4.69) is 43.3 Å². The Morgan fingerprint density at radius 1 is 1.05 bits per heavy atom. The molecule has 2 fully saturated rings. The molecule has 4 aromatic rings. The fraction of sp³-hybridized carbons (Fsp3) is 0.429. The lowest BCUT2D eigenvalue weighted by atomic mass is 10.0. The van der Waals surface area contributed by atoms with E-state index in [1.54, 1.807) is 7.11 Å². The van der Waals surface area contributed by atoms with Crippen molar-refractivity contribution >= 4 is 28.2 Å². The first-order valence-corrected chi connectivity index (χ1v) is 13.6. The number of H-pyrrole nitrogens is 1. The van der Waals surface area contributed by atoms with Crippen LogP contribution in [0.15, 0.2) is 47.3 Å². The van der Waals surface area contributed by atoms with Crippen LogP contribution in [-0.2, 0) is 0 Å². The van der Waals surface area contributed by atoms with Crippen molar-refractivity contribution in [1.82, 2.24) is 30.1 Å². The summed E-state index contributed by atoms with van der Waals surface area (Å²) >= 11 is 6.32. The van der Waals surface area contributed by atoms with Gasteiger partial charge in [0.05, 0.1) is 18.7 Å². The van der Waals surface area contributed by atoms with E-state index < -0.39 is 0 Å². The molecule has 0 spiro atoms. The molecule has 2 aromatic heterocycles. The zero-order chi connectivity index (χ0) is 26.2. The second-order valence-electron chi connectivity index (χ2n) is 10.3. The Kier molecular flexibility index (Phi) is 6.80. The number of aromatic amines is 1. The number of methoxy groups -OCH3 is 1. The van der Waals surface area contributed by atoms with Crippen molar-refractivity contribution in [2.75, 3.05) is 38.2 Å². The number of hydrogen-bond donors (Lipinski definition) is 1. The minimum Gasteiger partial charge on any atom is -0.497 e. The molecule has 1 N–H and O–H groups in total. The van der Waals surface area contributed by atoms with Crippen LogP contribution in [0.4, 0.5) is 5.69 Å². The van der Waals surface area contributed by atoms with Gasteiger partial charge in [-0.3, -0.25) is 9.69 Å². The van der Waals surface area contributed by atoms with Crippen molar-refractivity contribution in [3.05, 3.63) is 74.8 Å². The molecule has 1 saturated heterocycles. The molecule has 6 rings (SSSR count). The highest BCUT2D eigenvalue weighted by molar-refractivity contribution is 6.30. The maximum atomic E-state index is 13.6. The molecule has 0 radical (unpaired) electrons. The number of halogens is 1. The number of aromatic nitrogens is 5. The van der Waals surface area contributed by atoms with Crippen LogP contribution in [0, 0.1) is 6.92 Å². The Morgan fingerprint density at radius 2 is 1.84 bits per heavy atom. The molecular weight excluding hydrogens is 502 g/mol. The van der Waals surface area contributed by atoms with Crippen molar-refractivity contribution in [3.8, 4) is 5.75 Å². The van der Waals surface area contributed by atoms with E-state index in [0.29, 0.717) is 11.3 Å². The summed E-state index contributed by atoms with van der Waals surface area (Å²) in [6, 6.07) is 13.7.